The highest BCUT2D eigenvalue weighted by Gasteiger charge is 2.32. The number of nitrogens with zero attached hydrogens (tertiary/aromatic N) is 4. The number of amides is 2. The van der Waals surface area contributed by atoms with Crippen LogP contribution < -0.4 is 5.32 Å². The quantitative estimate of drug-likeness (QED) is 0.883. The first-order chi connectivity index (χ1) is 13.6. The van der Waals surface area contributed by atoms with Crippen molar-refractivity contribution >= 4 is 17.6 Å². The molecular formula is C21H25N5O2. The number of anilines is 1. The van der Waals surface area contributed by atoms with Crippen LogP contribution in [0, 0.1) is 0 Å². The molecule has 7 heteroatoms. The molecule has 1 N–H and O–H groups in total. The molecule has 2 amide bonds. The lowest BCUT2D eigenvalue weighted by molar-refractivity contribution is -0.129. The highest BCUT2D eigenvalue weighted by molar-refractivity contribution is 5.94. The van der Waals surface area contributed by atoms with Crippen LogP contribution in [-0.2, 0) is 17.8 Å². The van der Waals surface area contributed by atoms with Crippen LogP contribution in [0.3, 0.4) is 0 Å². The van der Waals surface area contributed by atoms with Crippen molar-refractivity contribution in [2.45, 2.75) is 32.2 Å². The lowest BCUT2D eigenvalue weighted by Gasteiger charge is -2.29. The molecule has 2 aliphatic rings. The summed E-state index contributed by atoms with van der Waals surface area (Å²) in [7, 11) is 1.85. The average Bonchev–Trinajstić information content (AvgIpc) is 3.22. The SMILES string of the molecule is CNc1nc([C@H]2CCN(C(=O)c3ccccc3)C2)nc2c1CN(C(C)=O)CC2. The smallest absolute Gasteiger partial charge is 0.253 e. The van der Waals surface area contributed by atoms with Crippen molar-refractivity contribution < 1.29 is 9.59 Å². The summed E-state index contributed by atoms with van der Waals surface area (Å²) in [6.07, 6.45) is 1.60. The van der Waals surface area contributed by atoms with Gasteiger partial charge in [0.05, 0.1) is 12.2 Å². The Bertz CT molecular complexity index is 882. The monoisotopic (exact) mass is 379 g/mol. The van der Waals surface area contributed by atoms with Gasteiger partial charge in [-0.1, -0.05) is 18.2 Å². The fourth-order valence-corrected chi connectivity index (χ4v) is 4.01. The van der Waals surface area contributed by atoms with Crippen molar-refractivity contribution in [2.24, 2.45) is 0 Å². The molecule has 7 nitrogen and oxygen atoms in total. The first-order valence-corrected chi connectivity index (χ1v) is 9.74. The zero-order valence-electron chi connectivity index (χ0n) is 16.3. The summed E-state index contributed by atoms with van der Waals surface area (Å²) < 4.78 is 0. The summed E-state index contributed by atoms with van der Waals surface area (Å²) in [6, 6.07) is 9.39. The van der Waals surface area contributed by atoms with Gasteiger partial charge in [0.15, 0.2) is 0 Å². The van der Waals surface area contributed by atoms with Crippen LogP contribution in [0.4, 0.5) is 5.82 Å². The Balaban J connectivity index is 1.54. The van der Waals surface area contributed by atoms with Gasteiger partial charge < -0.3 is 15.1 Å². The van der Waals surface area contributed by atoms with Crippen molar-refractivity contribution in [1.29, 1.82) is 0 Å². The second kappa shape index (κ2) is 7.58. The molecule has 4 rings (SSSR count). The maximum Gasteiger partial charge on any atom is 0.253 e. The first-order valence-electron chi connectivity index (χ1n) is 9.74. The van der Waals surface area contributed by atoms with E-state index in [4.69, 9.17) is 9.97 Å². The zero-order chi connectivity index (χ0) is 19.7. The van der Waals surface area contributed by atoms with Crippen molar-refractivity contribution in [3.63, 3.8) is 0 Å². The summed E-state index contributed by atoms with van der Waals surface area (Å²) in [5.41, 5.74) is 2.73. The van der Waals surface area contributed by atoms with Gasteiger partial charge in [0.25, 0.3) is 5.91 Å². The molecule has 1 aromatic heterocycles. The highest BCUT2D eigenvalue weighted by Crippen LogP contribution is 2.30. The van der Waals surface area contributed by atoms with Gasteiger partial charge in [-0.05, 0) is 18.6 Å². The predicted octanol–water partition coefficient (Wildman–Crippen LogP) is 2.05. The number of nitrogens with one attached hydrogen (secondary N) is 1. The van der Waals surface area contributed by atoms with Crippen LogP contribution in [-0.4, -0.2) is 58.3 Å². The van der Waals surface area contributed by atoms with Gasteiger partial charge in [0.1, 0.15) is 11.6 Å². The van der Waals surface area contributed by atoms with E-state index in [-0.39, 0.29) is 17.7 Å². The Hall–Kier alpha value is -2.96. The Labute approximate surface area is 164 Å². The van der Waals surface area contributed by atoms with E-state index in [0.717, 1.165) is 41.3 Å². The number of aromatic nitrogens is 2. The maximum absolute atomic E-state index is 12.7. The highest BCUT2D eigenvalue weighted by atomic mass is 16.2. The largest absolute Gasteiger partial charge is 0.373 e. The normalized spacial score (nSPS) is 18.7. The third kappa shape index (κ3) is 3.44. The molecule has 0 aliphatic carbocycles. The Morgan fingerprint density at radius 3 is 2.61 bits per heavy atom. The van der Waals surface area contributed by atoms with E-state index >= 15 is 0 Å². The molecule has 0 unspecified atom stereocenters. The van der Waals surface area contributed by atoms with E-state index in [0.29, 0.717) is 26.2 Å². The number of carbonyl (C=O) groups excluding carboxylic acids is 2. The molecule has 2 aliphatic heterocycles. The number of carbonyl (C=O) groups is 2. The fraction of sp³-hybridized carbons (Fsp3) is 0.429. The number of fused-ring (bicyclic) bond motifs is 1. The molecule has 28 heavy (non-hydrogen) atoms. The van der Waals surface area contributed by atoms with E-state index in [1.165, 1.54) is 0 Å². The summed E-state index contributed by atoms with van der Waals surface area (Å²) >= 11 is 0. The molecular weight excluding hydrogens is 354 g/mol. The van der Waals surface area contributed by atoms with Crippen LogP contribution in [0.5, 0.6) is 0 Å². The third-order valence-corrected chi connectivity index (χ3v) is 5.62. The Kier molecular flexibility index (Phi) is 4.98. The lowest BCUT2D eigenvalue weighted by Crippen LogP contribution is -2.35. The third-order valence-electron chi connectivity index (χ3n) is 5.62. The second-order valence-electron chi connectivity index (χ2n) is 7.40. The number of likely N-dealkylation sites (tertiary alicyclic amines) is 1. The predicted molar refractivity (Wildman–Crippen MR) is 106 cm³/mol. The second-order valence-corrected chi connectivity index (χ2v) is 7.40. The lowest BCUT2D eigenvalue weighted by atomic mass is 10.0. The summed E-state index contributed by atoms with van der Waals surface area (Å²) in [5.74, 6) is 1.85. The van der Waals surface area contributed by atoms with Gasteiger partial charge in [-0.2, -0.15) is 0 Å². The van der Waals surface area contributed by atoms with Crippen LogP contribution >= 0.6 is 0 Å². The summed E-state index contributed by atoms with van der Waals surface area (Å²) in [4.78, 5) is 37.7. The van der Waals surface area contributed by atoms with Crippen LogP contribution in [0.1, 0.15) is 46.7 Å². The number of hydrogen-bond donors (Lipinski definition) is 1. The Morgan fingerprint density at radius 2 is 1.89 bits per heavy atom. The standard InChI is InChI=1S/C21H25N5O2/c1-14(27)25-11-9-18-17(13-25)20(22-2)24-19(23-18)16-8-10-26(12-16)21(28)15-6-4-3-5-7-15/h3-7,16H,8-13H2,1-2H3,(H,22,23,24)/t16-/m0/s1. The summed E-state index contributed by atoms with van der Waals surface area (Å²) in [5, 5.41) is 3.17. The molecule has 1 fully saturated rings. The first kappa shape index (κ1) is 18.4. The molecule has 1 aromatic carbocycles. The van der Waals surface area contributed by atoms with E-state index in [1.54, 1.807) is 6.92 Å². The zero-order valence-corrected chi connectivity index (χ0v) is 16.3. The minimum atomic E-state index is 0.0620. The molecule has 1 atom stereocenters. The van der Waals surface area contributed by atoms with E-state index < -0.39 is 0 Å². The van der Waals surface area contributed by atoms with Gasteiger partial charge >= 0.3 is 0 Å². The van der Waals surface area contributed by atoms with E-state index in [9.17, 15) is 9.59 Å². The van der Waals surface area contributed by atoms with Gasteiger partial charge in [-0.3, -0.25) is 9.59 Å². The fourth-order valence-electron chi connectivity index (χ4n) is 4.01. The number of hydrogen-bond acceptors (Lipinski definition) is 5. The van der Waals surface area contributed by atoms with Gasteiger partial charge in [0, 0.05) is 57.1 Å². The maximum atomic E-state index is 12.7. The minimum Gasteiger partial charge on any atom is -0.373 e. The number of benzene rings is 1. The van der Waals surface area contributed by atoms with Crippen LogP contribution in [0.2, 0.25) is 0 Å². The molecule has 146 valence electrons. The van der Waals surface area contributed by atoms with E-state index in [1.807, 2.05) is 47.2 Å². The summed E-state index contributed by atoms with van der Waals surface area (Å²) in [6.45, 7) is 4.17. The van der Waals surface area contributed by atoms with Crippen LogP contribution in [0.25, 0.3) is 0 Å². The molecule has 3 heterocycles. The van der Waals surface area contributed by atoms with Gasteiger partial charge in [0.2, 0.25) is 5.91 Å². The van der Waals surface area contributed by atoms with Crippen molar-refractivity contribution in [3.05, 3.63) is 53.0 Å². The molecule has 0 bridgehead atoms. The molecule has 0 radical (unpaired) electrons. The number of rotatable bonds is 3. The average molecular weight is 379 g/mol. The molecule has 1 saturated heterocycles. The Morgan fingerprint density at radius 1 is 1.11 bits per heavy atom. The molecule has 2 aromatic rings. The van der Waals surface area contributed by atoms with Crippen LogP contribution in [0.15, 0.2) is 30.3 Å². The van der Waals surface area contributed by atoms with Crippen molar-refractivity contribution in [1.82, 2.24) is 19.8 Å². The van der Waals surface area contributed by atoms with Gasteiger partial charge in [-0.25, -0.2) is 9.97 Å². The van der Waals surface area contributed by atoms with Crippen molar-refractivity contribution in [3.8, 4) is 0 Å². The minimum absolute atomic E-state index is 0.0620. The molecule has 0 saturated carbocycles. The van der Waals surface area contributed by atoms with Crippen molar-refractivity contribution in [2.75, 3.05) is 32.0 Å². The van der Waals surface area contributed by atoms with E-state index in [2.05, 4.69) is 5.32 Å². The van der Waals surface area contributed by atoms with Gasteiger partial charge in [-0.15, -0.1) is 0 Å². The molecule has 0 spiro atoms. The topological polar surface area (TPSA) is 78.4 Å².